The normalized spacial score (nSPS) is 19.2. The number of pyridine rings is 1. The molecule has 2 aliphatic heterocycles. The highest BCUT2D eigenvalue weighted by molar-refractivity contribution is 7.29. The molecule has 4 aromatic rings. The molecule has 1 aromatic carbocycles. The number of halogens is 1. The number of nitrogens with two attached hydrogens (primary N) is 1. The molecule has 37 heavy (non-hydrogen) atoms. The van der Waals surface area contributed by atoms with E-state index in [0.29, 0.717) is 40.9 Å². The minimum absolute atomic E-state index is 0.142. The summed E-state index contributed by atoms with van der Waals surface area (Å²) in [6.07, 6.45) is 4.18. The van der Waals surface area contributed by atoms with Gasteiger partial charge in [-0.3, -0.25) is 4.98 Å². The van der Waals surface area contributed by atoms with E-state index in [9.17, 15) is 9.65 Å². The molecule has 190 valence electrons. The first kappa shape index (κ1) is 24.4. The fourth-order valence-electron chi connectivity index (χ4n) is 5.37. The maximum Gasteiger partial charge on any atom is 0.225 e. The van der Waals surface area contributed by atoms with E-state index in [2.05, 4.69) is 39.0 Å². The number of anilines is 2. The zero-order chi connectivity index (χ0) is 25.8. The smallest absolute Gasteiger partial charge is 0.225 e. The Morgan fingerprint density at radius 3 is 2.89 bits per heavy atom. The van der Waals surface area contributed by atoms with E-state index in [1.54, 1.807) is 0 Å². The predicted octanol–water partition coefficient (Wildman–Crippen LogP) is 4.28. The number of nitrogens with zero attached hydrogens (tertiary/aromatic N) is 5. The highest BCUT2D eigenvalue weighted by Gasteiger charge is 2.33. The van der Waals surface area contributed by atoms with Crippen LogP contribution in [0.4, 0.5) is 15.3 Å². The summed E-state index contributed by atoms with van der Waals surface area (Å²) in [4.78, 5) is 16.4. The molecule has 5 heterocycles. The van der Waals surface area contributed by atoms with Gasteiger partial charge in [0.25, 0.3) is 0 Å². The summed E-state index contributed by atoms with van der Waals surface area (Å²) in [5, 5.41) is 12.2. The Labute approximate surface area is 219 Å². The largest absolute Gasteiger partial charge is 0.389 e. The minimum Gasteiger partial charge on any atom is -0.389 e. The van der Waals surface area contributed by atoms with Crippen LogP contribution in [0.2, 0.25) is 0 Å². The van der Waals surface area contributed by atoms with Gasteiger partial charge in [0.05, 0.1) is 47.0 Å². The first-order valence-electron chi connectivity index (χ1n) is 12.2. The second kappa shape index (κ2) is 9.41. The van der Waals surface area contributed by atoms with Gasteiger partial charge in [0.15, 0.2) is 5.82 Å². The second-order valence-corrected chi connectivity index (χ2v) is 11.2. The van der Waals surface area contributed by atoms with Crippen LogP contribution in [0.15, 0.2) is 12.4 Å². The number of nitriles is 1. The molecule has 0 saturated carbocycles. The maximum atomic E-state index is 14.7. The van der Waals surface area contributed by atoms with Crippen molar-refractivity contribution in [3.8, 4) is 17.3 Å². The average molecular weight is 537 g/mol. The molecule has 0 bridgehead atoms. The molecule has 1 saturated heterocycles. The van der Waals surface area contributed by atoms with E-state index in [1.165, 1.54) is 6.20 Å². The van der Waals surface area contributed by atoms with Crippen molar-refractivity contribution in [2.24, 2.45) is 5.92 Å². The van der Waals surface area contributed by atoms with Gasteiger partial charge in [-0.2, -0.15) is 5.26 Å². The topological polar surface area (TPSA) is 110 Å². The van der Waals surface area contributed by atoms with Crippen LogP contribution in [-0.4, -0.2) is 40.8 Å². The number of aromatic nitrogens is 3. The Morgan fingerprint density at radius 1 is 1.30 bits per heavy atom. The molecular formula is C26H26FN6O2PS. The van der Waals surface area contributed by atoms with Crippen LogP contribution in [0.25, 0.3) is 32.2 Å². The lowest BCUT2D eigenvalue weighted by Gasteiger charge is -2.19. The molecule has 3 atom stereocenters. The molecule has 0 radical (unpaired) electrons. The molecule has 2 N–H and O–H groups in total. The van der Waals surface area contributed by atoms with Crippen molar-refractivity contribution in [2.45, 2.75) is 39.6 Å². The highest BCUT2D eigenvalue weighted by atomic mass is 32.1. The van der Waals surface area contributed by atoms with Crippen molar-refractivity contribution < 1.29 is 13.9 Å². The molecule has 6 rings (SSSR count). The summed E-state index contributed by atoms with van der Waals surface area (Å²) in [7, 11) is 2.79. The molecule has 0 spiro atoms. The molecule has 11 heteroatoms. The Morgan fingerprint density at radius 2 is 2.11 bits per heavy atom. The van der Waals surface area contributed by atoms with Crippen LogP contribution >= 0.6 is 20.6 Å². The van der Waals surface area contributed by atoms with Crippen LogP contribution in [0.5, 0.6) is 0 Å². The summed E-state index contributed by atoms with van der Waals surface area (Å²) in [6.45, 7) is 7.39. The van der Waals surface area contributed by atoms with E-state index < -0.39 is 5.82 Å². The number of ether oxygens (including phenoxy) is 2. The third-order valence-corrected chi connectivity index (χ3v) is 8.78. The van der Waals surface area contributed by atoms with Gasteiger partial charge in [-0.15, -0.1) is 20.6 Å². The van der Waals surface area contributed by atoms with Crippen LogP contribution in [0.3, 0.4) is 0 Å². The molecule has 0 amide bonds. The van der Waals surface area contributed by atoms with Crippen molar-refractivity contribution >= 4 is 57.8 Å². The van der Waals surface area contributed by atoms with E-state index >= 15 is 0 Å². The number of benzene rings is 1. The predicted molar refractivity (Wildman–Crippen MR) is 146 cm³/mol. The van der Waals surface area contributed by atoms with Gasteiger partial charge in [0.2, 0.25) is 5.95 Å². The van der Waals surface area contributed by atoms with Gasteiger partial charge in [0, 0.05) is 53.5 Å². The van der Waals surface area contributed by atoms with Gasteiger partial charge in [-0.1, -0.05) is 13.8 Å². The first-order valence-corrected chi connectivity index (χ1v) is 13.6. The van der Waals surface area contributed by atoms with Gasteiger partial charge >= 0.3 is 0 Å². The lowest BCUT2D eigenvalue weighted by molar-refractivity contribution is 0.0436. The van der Waals surface area contributed by atoms with E-state index in [0.717, 1.165) is 70.4 Å². The summed E-state index contributed by atoms with van der Waals surface area (Å²) in [6, 6.07) is 2.15. The molecule has 3 aromatic heterocycles. The molecule has 1 fully saturated rings. The maximum absolute atomic E-state index is 14.7. The van der Waals surface area contributed by atoms with Gasteiger partial charge in [-0.25, -0.2) is 14.4 Å². The minimum atomic E-state index is -0.497. The number of hydrogen-bond acceptors (Lipinski definition) is 9. The average Bonchev–Trinajstić information content (AvgIpc) is 3.61. The van der Waals surface area contributed by atoms with E-state index in [1.807, 2.05) is 6.20 Å². The van der Waals surface area contributed by atoms with Crippen molar-refractivity contribution in [3.05, 3.63) is 34.9 Å². The quantitative estimate of drug-likeness (QED) is 0.377. The van der Waals surface area contributed by atoms with Crippen molar-refractivity contribution in [3.63, 3.8) is 0 Å². The van der Waals surface area contributed by atoms with Crippen LogP contribution < -0.4 is 15.9 Å². The van der Waals surface area contributed by atoms with Crippen molar-refractivity contribution in [1.82, 2.24) is 15.0 Å². The van der Waals surface area contributed by atoms with E-state index in [4.69, 9.17) is 25.2 Å². The van der Waals surface area contributed by atoms with Gasteiger partial charge in [0.1, 0.15) is 11.1 Å². The summed E-state index contributed by atoms with van der Waals surface area (Å²) < 4.78 is 26.9. The summed E-state index contributed by atoms with van der Waals surface area (Å²) in [5.74, 6) is 0.518. The number of hydrogen-bond donors (Lipinski definition) is 1. The van der Waals surface area contributed by atoms with Crippen molar-refractivity contribution in [2.75, 3.05) is 30.3 Å². The Balaban J connectivity index is 1.54. The van der Waals surface area contributed by atoms with Gasteiger partial charge < -0.3 is 20.1 Å². The van der Waals surface area contributed by atoms with Crippen molar-refractivity contribution in [1.29, 1.82) is 5.26 Å². The SMILES string of the molecule is CCCOC1CN(c2ncc3c4c(c(-c5ncc(F)c6sc(N)c(C#N)c56)c(P)c3n2)COC4)CC1C. The number of rotatable bonds is 5. The Kier molecular flexibility index (Phi) is 6.20. The third-order valence-electron chi connectivity index (χ3n) is 7.19. The number of thiophene rings is 1. The van der Waals surface area contributed by atoms with Gasteiger partial charge in [-0.05, 0) is 17.5 Å². The fourth-order valence-corrected chi connectivity index (χ4v) is 6.82. The Bertz CT molecular complexity index is 1600. The lowest BCUT2D eigenvalue weighted by Crippen LogP contribution is -2.25. The zero-order valence-corrected chi connectivity index (χ0v) is 22.5. The monoisotopic (exact) mass is 536 g/mol. The summed E-state index contributed by atoms with van der Waals surface area (Å²) in [5.41, 5.74) is 10.3. The Hall–Kier alpha value is -2.96. The van der Waals surface area contributed by atoms with Crippen LogP contribution in [0.1, 0.15) is 37.0 Å². The molecule has 3 unspecified atom stereocenters. The zero-order valence-electron chi connectivity index (χ0n) is 20.5. The first-order chi connectivity index (χ1) is 17.9. The standard InChI is InChI=1S/C26H26FN6O2PS/c1-3-4-35-18-9-33(8-12(18)2)26-31-6-14-15-10-34-11-16(15)19(23(36)21(14)32-26)22-20-13(5-28)25(29)37-24(20)17(27)7-30-22/h6-7,12,18H,3-4,8-11,29,36H2,1-2H3. The highest BCUT2D eigenvalue weighted by Crippen LogP contribution is 2.43. The lowest BCUT2D eigenvalue weighted by atomic mass is 9.94. The van der Waals surface area contributed by atoms with Crippen LogP contribution in [0, 0.1) is 23.1 Å². The fraction of sp³-hybridized carbons (Fsp3) is 0.385. The van der Waals surface area contributed by atoms with E-state index in [-0.39, 0.29) is 16.7 Å². The second-order valence-electron chi connectivity index (χ2n) is 9.57. The summed E-state index contributed by atoms with van der Waals surface area (Å²) >= 11 is 1.06. The molecule has 0 aliphatic carbocycles. The molecule has 2 aliphatic rings. The number of fused-ring (bicyclic) bond motifs is 4. The molecule has 8 nitrogen and oxygen atoms in total. The van der Waals surface area contributed by atoms with Crippen LogP contribution in [-0.2, 0) is 22.7 Å². The third kappa shape index (κ3) is 3.84. The molecular weight excluding hydrogens is 510 g/mol. The number of nitrogen functional groups attached to an aromatic ring is 1.